The Labute approximate surface area is 129 Å². The molecule has 0 radical (unpaired) electrons. The Kier molecular flexibility index (Phi) is 4.21. The van der Waals surface area contributed by atoms with Gasteiger partial charge in [-0.3, -0.25) is 14.4 Å². The average molecular weight is 304 g/mol. The van der Waals surface area contributed by atoms with Crippen molar-refractivity contribution in [2.75, 3.05) is 25.0 Å². The van der Waals surface area contributed by atoms with E-state index in [-0.39, 0.29) is 31.3 Å². The third-order valence-electron chi connectivity index (χ3n) is 3.91. The van der Waals surface area contributed by atoms with Gasteiger partial charge in [-0.25, -0.2) is 0 Å². The quantitative estimate of drug-likeness (QED) is 0.908. The highest BCUT2D eigenvalue weighted by Crippen LogP contribution is 2.35. The zero-order valence-corrected chi connectivity index (χ0v) is 13.0. The van der Waals surface area contributed by atoms with Crippen LogP contribution < -0.4 is 4.90 Å². The largest absolute Gasteiger partial charge is 0.481 e. The van der Waals surface area contributed by atoms with Crippen molar-refractivity contribution in [3.05, 3.63) is 29.8 Å². The summed E-state index contributed by atoms with van der Waals surface area (Å²) in [5, 5.41) is 9.10. The predicted octanol–water partition coefficient (Wildman–Crippen LogP) is 1.24. The van der Waals surface area contributed by atoms with Crippen LogP contribution in [0.25, 0.3) is 0 Å². The third-order valence-corrected chi connectivity index (χ3v) is 3.91. The molecule has 6 heteroatoms. The van der Waals surface area contributed by atoms with Crippen LogP contribution in [0, 0.1) is 0 Å². The van der Waals surface area contributed by atoms with Gasteiger partial charge in [0, 0.05) is 18.2 Å². The summed E-state index contributed by atoms with van der Waals surface area (Å²) < 4.78 is 0. The summed E-state index contributed by atoms with van der Waals surface area (Å²) >= 11 is 0. The maximum absolute atomic E-state index is 12.3. The monoisotopic (exact) mass is 304 g/mol. The highest BCUT2D eigenvalue weighted by Gasteiger charge is 2.33. The van der Waals surface area contributed by atoms with Crippen LogP contribution in [0.4, 0.5) is 5.69 Å². The number of hydrogen-bond acceptors (Lipinski definition) is 3. The number of benzene rings is 1. The zero-order chi connectivity index (χ0) is 16.5. The van der Waals surface area contributed by atoms with Gasteiger partial charge in [-0.1, -0.05) is 32.0 Å². The average Bonchev–Trinajstić information content (AvgIpc) is 2.41. The lowest BCUT2D eigenvalue weighted by Gasteiger charge is -2.35. The molecule has 0 atom stereocenters. The first kappa shape index (κ1) is 16.0. The molecule has 6 nitrogen and oxygen atoms in total. The van der Waals surface area contributed by atoms with Gasteiger partial charge in [-0.2, -0.15) is 0 Å². The highest BCUT2D eigenvalue weighted by atomic mass is 16.4. The fourth-order valence-corrected chi connectivity index (χ4v) is 2.69. The summed E-state index contributed by atoms with van der Waals surface area (Å²) in [5.74, 6) is -1.20. The van der Waals surface area contributed by atoms with Crippen LogP contribution >= 0.6 is 0 Å². The van der Waals surface area contributed by atoms with Crippen molar-refractivity contribution >= 4 is 23.5 Å². The van der Waals surface area contributed by atoms with Gasteiger partial charge in [0.25, 0.3) is 0 Å². The molecule has 22 heavy (non-hydrogen) atoms. The lowest BCUT2D eigenvalue weighted by molar-refractivity contribution is -0.138. The molecule has 0 aliphatic carbocycles. The summed E-state index contributed by atoms with van der Waals surface area (Å²) in [6.45, 7) is 3.66. The van der Waals surface area contributed by atoms with Crippen molar-refractivity contribution in [1.82, 2.24) is 4.90 Å². The number of carboxylic acid groups (broad SMARTS) is 1. The predicted molar refractivity (Wildman–Crippen MR) is 81.7 cm³/mol. The van der Waals surface area contributed by atoms with Crippen LogP contribution in [0.3, 0.4) is 0 Å². The molecular formula is C16H20N2O4. The maximum atomic E-state index is 12.3. The van der Waals surface area contributed by atoms with E-state index in [1.165, 1.54) is 9.80 Å². The van der Waals surface area contributed by atoms with Gasteiger partial charge in [-0.15, -0.1) is 0 Å². The molecule has 0 bridgehead atoms. The lowest BCUT2D eigenvalue weighted by atomic mass is 9.80. The minimum atomic E-state index is -0.902. The van der Waals surface area contributed by atoms with Gasteiger partial charge in [0.15, 0.2) is 0 Å². The molecule has 1 aromatic carbocycles. The number of likely N-dealkylation sites (N-methyl/N-ethyl adjacent to an activating group) is 1. The lowest BCUT2D eigenvalue weighted by Crippen LogP contribution is -2.52. The van der Waals surface area contributed by atoms with Crippen molar-refractivity contribution < 1.29 is 19.5 Å². The molecule has 1 fully saturated rings. The number of piperazine rings is 1. The summed E-state index contributed by atoms with van der Waals surface area (Å²) in [6.07, 6.45) is -0.0557. The molecule has 0 unspecified atom stereocenters. The van der Waals surface area contributed by atoms with Crippen LogP contribution in [0.5, 0.6) is 0 Å². The van der Waals surface area contributed by atoms with Crippen LogP contribution in [-0.4, -0.2) is 47.9 Å². The smallest absolute Gasteiger partial charge is 0.304 e. The van der Waals surface area contributed by atoms with Crippen molar-refractivity contribution in [2.45, 2.75) is 25.7 Å². The molecule has 1 aliphatic heterocycles. The number of para-hydroxylation sites is 1. The molecule has 0 aromatic heterocycles. The summed E-state index contributed by atoms with van der Waals surface area (Å²) in [5.41, 5.74) is 0.720. The third kappa shape index (κ3) is 3.10. The number of nitrogens with zero attached hydrogens (tertiary/aromatic N) is 2. The van der Waals surface area contributed by atoms with E-state index in [9.17, 15) is 14.4 Å². The second-order valence-electron chi connectivity index (χ2n) is 6.20. The molecule has 1 heterocycles. The van der Waals surface area contributed by atoms with Gasteiger partial charge in [-0.05, 0) is 11.6 Å². The van der Waals surface area contributed by atoms with Gasteiger partial charge in [0.1, 0.15) is 6.54 Å². The first-order chi connectivity index (χ1) is 10.2. The van der Waals surface area contributed by atoms with Crippen LogP contribution in [0.1, 0.15) is 25.8 Å². The zero-order valence-electron chi connectivity index (χ0n) is 13.0. The number of anilines is 1. The van der Waals surface area contributed by atoms with Gasteiger partial charge >= 0.3 is 5.97 Å². The minimum Gasteiger partial charge on any atom is -0.481 e. The van der Waals surface area contributed by atoms with E-state index >= 15 is 0 Å². The van der Waals surface area contributed by atoms with E-state index in [1.807, 2.05) is 26.0 Å². The van der Waals surface area contributed by atoms with Crippen molar-refractivity contribution in [1.29, 1.82) is 0 Å². The Morgan fingerprint density at radius 2 is 1.82 bits per heavy atom. The molecule has 1 saturated heterocycles. The molecular weight excluding hydrogens is 284 g/mol. The molecule has 2 amide bonds. The number of carbonyl (C=O) groups is 3. The minimum absolute atomic E-state index is 0.0184. The molecule has 118 valence electrons. The van der Waals surface area contributed by atoms with E-state index in [4.69, 9.17) is 5.11 Å². The maximum Gasteiger partial charge on any atom is 0.304 e. The molecule has 0 saturated carbocycles. The van der Waals surface area contributed by atoms with E-state index < -0.39 is 11.4 Å². The standard InChI is InChI=1S/C16H20N2O4/c1-16(2,8-15(21)22)11-6-4-5-7-12(11)18-10-13(19)17(3)9-14(18)20/h4-7H,8-10H2,1-3H3,(H,21,22). The molecule has 1 aliphatic rings. The van der Waals surface area contributed by atoms with E-state index in [1.54, 1.807) is 19.2 Å². The topological polar surface area (TPSA) is 77.9 Å². The van der Waals surface area contributed by atoms with Crippen LogP contribution in [0.2, 0.25) is 0 Å². The summed E-state index contributed by atoms with van der Waals surface area (Å²) in [6, 6.07) is 7.17. The molecule has 1 N–H and O–H groups in total. The van der Waals surface area contributed by atoms with Crippen molar-refractivity contribution in [3.63, 3.8) is 0 Å². The number of amides is 2. The highest BCUT2D eigenvalue weighted by molar-refractivity contribution is 6.05. The van der Waals surface area contributed by atoms with Crippen LogP contribution in [-0.2, 0) is 19.8 Å². The Morgan fingerprint density at radius 1 is 1.18 bits per heavy atom. The second-order valence-corrected chi connectivity index (χ2v) is 6.20. The number of carbonyl (C=O) groups excluding carboxylic acids is 2. The van der Waals surface area contributed by atoms with Crippen LogP contribution in [0.15, 0.2) is 24.3 Å². The Balaban J connectivity index is 2.42. The first-order valence-electron chi connectivity index (χ1n) is 7.08. The first-order valence-corrected chi connectivity index (χ1v) is 7.08. The summed E-state index contributed by atoms with van der Waals surface area (Å²) in [7, 11) is 1.60. The fraction of sp³-hybridized carbons (Fsp3) is 0.438. The number of carboxylic acids is 1. The summed E-state index contributed by atoms with van der Waals surface area (Å²) in [4.78, 5) is 38.1. The van der Waals surface area contributed by atoms with E-state index in [2.05, 4.69) is 0 Å². The number of aliphatic carboxylic acids is 1. The fourth-order valence-electron chi connectivity index (χ4n) is 2.69. The van der Waals surface area contributed by atoms with E-state index in [0.717, 1.165) is 5.56 Å². The molecule has 1 aromatic rings. The molecule has 0 spiro atoms. The number of rotatable bonds is 4. The van der Waals surface area contributed by atoms with Crippen molar-refractivity contribution in [3.8, 4) is 0 Å². The van der Waals surface area contributed by atoms with E-state index in [0.29, 0.717) is 5.69 Å². The van der Waals surface area contributed by atoms with Gasteiger partial charge in [0.05, 0.1) is 13.0 Å². The SMILES string of the molecule is CN1CC(=O)N(c2ccccc2C(C)(C)CC(=O)O)CC1=O. The van der Waals surface area contributed by atoms with Crippen molar-refractivity contribution in [2.24, 2.45) is 0 Å². The van der Waals surface area contributed by atoms with Gasteiger partial charge in [0.2, 0.25) is 11.8 Å². The molecule has 2 rings (SSSR count). The normalized spacial score (nSPS) is 16.1. The second kappa shape index (κ2) is 5.79. The Morgan fingerprint density at radius 3 is 2.45 bits per heavy atom. The Hall–Kier alpha value is -2.37. The number of hydrogen-bond donors (Lipinski definition) is 1. The van der Waals surface area contributed by atoms with Gasteiger partial charge < -0.3 is 14.9 Å². The Bertz CT molecular complexity index is 624.